The first-order valence-corrected chi connectivity index (χ1v) is 7.51. The van der Waals surface area contributed by atoms with Crippen LogP contribution in [-0.4, -0.2) is 18.8 Å². The summed E-state index contributed by atoms with van der Waals surface area (Å²) in [6, 6.07) is 9.64. The topological polar surface area (TPSA) is 41.5 Å². The van der Waals surface area contributed by atoms with E-state index in [4.69, 9.17) is 4.74 Å². The Morgan fingerprint density at radius 2 is 2.10 bits per heavy atom. The van der Waals surface area contributed by atoms with E-state index >= 15 is 0 Å². The predicted octanol–water partition coefficient (Wildman–Crippen LogP) is 3.53. The Kier molecular flexibility index (Phi) is 4.68. The summed E-state index contributed by atoms with van der Waals surface area (Å²) in [5.74, 6) is 0.941. The molecule has 0 aliphatic rings. The van der Waals surface area contributed by atoms with Gasteiger partial charge in [-0.15, -0.1) is 11.3 Å². The van der Waals surface area contributed by atoms with Crippen LogP contribution in [0.25, 0.3) is 0 Å². The average molecular weight is 291 g/mol. The Morgan fingerprint density at radius 3 is 2.70 bits per heavy atom. The van der Waals surface area contributed by atoms with Crippen LogP contribution in [0.4, 0.5) is 0 Å². The molecule has 0 amide bonds. The molecular formula is C16H21NO2S. The number of phenols is 1. The van der Waals surface area contributed by atoms with Crippen LogP contribution < -0.4 is 10.1 Å². The molecular weight excluding hydrogens is 270 g/mol. The molecule has 0 saturated carbocycles. The predicted molar refractivity (Wildman–Crippen MR) is 83.7 cm³/mol. The minimum Gasteiger partial charge on any atom is -0.507 e. The van der Waals surface area contributed by atoms with Gasteiger partial charge in [-0.2, -0.15) is 0 Å². The highest BCUT2D eigenvalue weighted by atomic mass is 32.1. The molecule has 0 atom stereocenters. The van der Waals surface area contributed by atoms with Crippen molar-refractivity contribution in [3.8, 4) is 11.5 Å². The van der Waals surface area contributed by atoms with E-state index in [2.05, 4.69) is 36.7 Å². The number of hydrogen-bond donors (Lipinski definition) is 2. The van der Waals surface area contributed by atoms with Gasteiger partial charge in [0.1, 0.15) is 11.5 Å². The van der Waals surface area contributed by atoms with Crippen LogP contribution in [0.2, 0.25) is 0 Å². The molecule has 0 aliphatic heterocycles. The SMILES string of the molecule is COc1ccc(CNCC(C)(C)c2cccs2)c(O)c1. The fraction of sp³-hybridized carbons (Fsp3) is 0.375. The molecule has 0 aliphatic carbocycles. The van der Waals surface area contributed by atoms with Crippen molar-refractivity contribution in [3.05, 3.63) is 46.2 Å². The van der Waals surface area contributed by atoms with E-state index in [0.717, 1.165) is 12.1 Å². The highest BCUT2D eigenvalue weighted by Gasteiger charge is 2.21. The van der Waals surface area contributed by atoms with E-state index in [0.29, 0.717) is 12.3 Å². The molecule has 1 aromatic carbocycles. The van der Waals surface area contributed by atoms with Gasteiger partial charge in [0.25, 0.3) is 0 Å². The number of benzene rings is 1. The van der Waals surface area contributed by atoms with Crippen LogP contribution in [0.15, 0.2) is 35.7 Å². The van der Waals surface area contributed by atoms with Crippen molar-refractivity contribution in [1.29, 1.82) is 0 Å². The maximum absolute atomic E-state index is 9.92. The number of rotatable bonds is 6. The van der Waals surface area contributed by atoms with Crippen molar-refractivity contribution in [2.24, 2.45) is 0 Å². The quantitative estimate of drug-likeness (QED) is 0.855. The average Bonchev–Trinajstić information content (AvgIpc) is 2.95. The molecule has 20 heavy (non-hydrogen) atoms. The molecule has 0 fully saturated rings. The van der Waals surface area contributed by atoms with Gasteiger partial charge in [-0.1, -0.05) is 26.0 Å². The van der Waals surface area contributed by atoms with Crippen LogP contribution in [0.5, 0.6) is 11.5 Å². The van der Waals surface area contributed by atoms with Crippen molar-refractivity contribution in [1.82, 2.24) is 5.32 Å². The summed E-state index contributed by atoms with van der Waals surface area (Å²) >= 11 is 1.78. The van der Waals surface area contributed by atoms with E-state index in [1.54, 1.807) is 24.5 Å². The maximum atomic E-state index is 9.92. The maximum Gasteiger partial charge on any atom is 0.123 e. The van der Waals surface area contributed by atoms with Gasteiger partial charge >= 0.3 is 0 Å². The van der Waals surface area contributed by atoms with Crippen molar-refractivity contribution < 1.29 is 9.84 Å². The zero-order chi connectivity index (χ0) is 14.6. The second kappa shape index (κ2) is 6.29. The molecule has 4 heteroatoms. The molecule has 1 heterocycles. The fourth-order valence-corrected chi connectivity index (χ4v) is 2.93. The lowest BCUT2D eigenvalue weighted by Crippen LogP contribution is -2.31. The number of hydrogen-bond acceptors (Lipinski definition) is 4. The number of ether oxygens (including phenoxy) is 1. The lowest BCUT2D eigenvalue weighted by molar-refractivity contribution is 0.405. The Labute approximate surface area is 124 Å². The monoisotopic (exact) mass is 291 g/mol. The first-order valence-electron chi connectivity index (χ1n) is 6.63. The summed E-state index contributed by atoms with van der Waals surface area (Å²) in [4.78, 5) is 1.36. The first-order chi connectivity index (χ1) is 9.53. The van der Waals surface area contributed by atoms with Crippen LogP contribution in [-0.2, 0) is 12.0 Å². The van der Waals surface area contributed by atoms with Crippen molar-refractivity contribution in [2.75, 3.05) is 13.7 Å². The molecule has 0 unspecified atom stereocenters. The largest absolute Gasteiger partial charge is 0.507 e. The molecule has 2 aromatic rings. The molecule has 3 nitrogen and oxygen atoms in total. The van der Waals surface area contributed by atoms with E-state index in [9.17, 15) is 5.11 Å². The summed E-state index contributed by atoms with van der Waals surface area (Å²) in [7, 11) is 1.59. The third kappa shape index (κ3) is 3.52. The van der Waals surface area contributed by atoms with E-state index in [-0.39, 0.29) is 11.2 Å². The highest BCUT2D eigenvalue weighted by Crippen LogP contribution is 2.27. The number of nitrogens with one attached hydrogen (secondary N) is 1. The number of methoxy groups -OCH3 is 1. The molecule has 2 rings (SSSR count). The molecule has 108 valence electrons. The molecule has 1 aromatic heterocycles. The van der Waals surface area contributed by atoms with Gasteiger partial charge in [0.15, 0.2) is 0 Å². The van der Waals surface area contributed by atoms with Crippen molar-refractivity contribution >= 4 is 11.3 Å². The molecule has 0 radical (unpaired) electrons. The zero-order valence-electron chi connectivity index (χ0n) is 12.1. The van der Waals surface area contributed by atoms with E-state index in [1.807, 2.05) is 12.1 Å². The fourth-order valence-electron chi connectivity index (χ4n) is 2.08. The molecule has 0 saturated heterocycles. The Hall–Kier alpha value is -1.52. The Bertz CT molecular complexity index is 550. The summed E-state index contributed by atoms with van der Waals surface area (Å²) in [5.41, 5.74) is 0.976. The van der Waals surface area contributed by atoms with Gasteiger partial charge in [0, 0.05) is 35.0 Å². The summed E-state index contributed by atoms with van der Waals surface area (Å²) in [6.45, 7) is 5.95. The minimum absolute atomic E-state index is 0.0935. The lowest BCUT2D eigenvalue weighted by atomic mass is 9.91. The lowest BCUT2D eigenvalue weighted by Gasteiger charge is -2.24. The second-order valence-electron chi connectivity index (χ2n) is 5.46. The zero-order valence-corrected chi connectivity index (χ0v) is 13.0. The molecule has 0 bridgehead atoms. The van der Waals surface area contributed by atoms with Crippen molar-refractivity contribution in [2.45, 2.75) is 25.8 Å². The molecule has 0 spiro atoms. The molecule has 2 N–H and O–H groups in total. The Morgan fingerprint density at radius 1 is 1.30 bits per heavy atom. The van der Waals surface area contributed by atoms with E-state index < -0.39 is 0 Å². The highest BCUT2D eigenvalue weighted by molar-refractivity contribution is 7.10. The first kappa shape index (κ1) is 14.9. The van der Waals surface area contributed by atoms with Crippen LogP contribution in [0.1, 0.15) is 24.3 Å². The second-order valence-corrected chi connectivity index (χ2v) is 6.41. The van der Waals surface area contributed by atoms with Crippen LogP contribution in [0, 0.1) is 0 Å². The van der Waals surface area contributed by atoms with Gasteiger partial charge in [-0.3, -0.25) is 0 Å². The summed E-state index contributed by atoms with van der Waals surface area (Å²) in [6.07, 6.45) is 0. The Balaban J connectivity index is 1.93. The minimum atomic E-state index is 0.0935. The summed E-state index contributed by atoms with van der Waals surface area (Å²) < 4.78 is 5.08. The van der Waals surface area contributed by atoms with Gasteiger partial charge in [0.05, 0.1) is 7.11 Å². The standard InChI is InChI=1S/C16H21NO2S/c1-16(2,15-5-4-8-20-15)11-17-10-12-6-7-13(19-3)9-14(12)18/h4-9,17-18H,10-11H2,1-3H3. The van der Waals surface area contributed by atoms with Gasteiger partial charge in [0.2, 0.25) is 0 Å². The third-order valence-corrected chi connectivity index (χ3v) is 4.60. The summed E-state index contributed by atoms with van der Waals surface area (Å²) in [5, 5.41) is 15.4. The van der Waals surface area contributed by atoms with Gasteiger partial charge < -0.3 is 15.2 Å². The number of thiophene rings is 1. The number of phenolic OH excluding ortho intramolecular Hbond substituents is 1. The van der Waals surface area contributed by atoms with E-state index in [1.165, 1.54) is 4.88 Å². The van der Waals surface area contributed by atoms with Gasteiger partial charge in [-0.25, -0.2) is 0 Å². The normalized spacial score (nSPS) is 11.6. The van der Waals surface area contributed by atoms with Gasteiger partial charge in [-0.05, 0) is 17.5 Å². The third-order valence-electron chi connectivity index (χ3n) is 3.36. The van der Waals surface area contributed by atoms with Crippen LogP contribution >= 0.6 is 11.3 Å². The smallest absolute Gasteiger partial charge is 0.123 e. The number of aromatic hydroxyl groups is 1. The van der Waals surface area contributed by atoms with Crippen LogP contribution in [0.3, 0.4) is 0 Å². The van der Waals surface area contributed by atoms with Crippen molar-refractivity contribution in [3.63, 3.8) is 0 Å².